The number of ether oxygens (including phenoxy) is 1. The molecule has 1 nitrogen and oxygen atoms in total. The predicted molar refractivity (Wildman–Crippen MR) is 71.7 cm³/mol. The van der Waals surface area contributed by atoms with Crippen LogP contribution < -0.4 is 0 Å². The Kier molecular flexibility index (Phi) is 6.64. The Morgan fingerprint density at radius 2 is 2.06 bits per heavy atom. The molecule has 16 heavy (non-hydrogen) atoms. The van der Waals surface area contributed by atoms with Gasteiger partial charge in [0.15, 0.2) is 0 Å². The van der Waals surface area contributed by atoms with E-state index in [9.17, 15) is 0 Å². The highest BCUT2D eigenvalue weighted by molar-refractivity contribution is 9.09. The third-order valence-corrected chi connectivity index (χ3v) is 2.27. The van der Waals surface area contributed by atoms with Gasteiger partial charge in [0.2, 0.25) is 0 Å². The van der Waals surface area contributed by atoms with Gasteiger partial charge < -0.3 is 4.74 Å². The fraction of sp³-hybridized carbons (Fsp3) is 0.286. The van der Waals surface area contributed by atoms with E-state index in [0.717, 1.165) is 10.9 Å². The van der Waals surface area contributed by atoms with Crippen molar-refractivity contribution in [2.24, 2.45) is 0 Å². The molecule has 1 unspecified atom stereocenters. The minimum atomic E-state index is -0.0415. The molecule has 1 aromatic rings. The maximum atomic E-state index is 5.48. The van der Waals surface area contributed by atoms with E-state index in [1.54, 1.807) is 0 Å². The highest BCUT2D eigenvalue weighted by Crippen LogP contribution is 1.96. The van der Waals surface area contributed by atoms with E-state index in [2.05, 4.69) is 27.8 Å². The first kappa shape index (κ1) is 13.0. The van der Waals surface area contributed by atoms with Crippen LogP contribution in [-0.4, -0.2) is 18.0 Å². The third kappa shape index (κ3) is 5.75. The Morgan fingerprint density at radius 3 is 2.75 bits per heavy atom. The van der Waals surface area contributed by atoms with E-state index in [-0.39, 0.29) is 6.10 Å². The topological polar surface area (TPSA) is 9.23 Å². The maximum absolute atomic E-state index is 5.48. The molecule has 0 saturated heterocycles. The Hall–Kier alpha value is -1.04. The van der Waals surface area contributed by atoms with Crippen molar-refractivity contribution in [1.82, 2.24) is 0 Å². The Bertz CT molecular complexity index is 373. The van der Waals surface area contributed by atoms with E-state index < -0.39 is 0 Å². The van der Waals surface area contributed by atoms with Crippen LogP contribution >= 0.6 is 15.9 Å². The molecule has 0 amide bonds. The quantitative estimate of drug-likeness (QED) is 0.466. The van der Waals surface area contributed by atoms with E-state index in [1.807, 2.05) is 49.4 Å². The second-order valence-electron chi connectivity index (χ2n) is 3.24. The molecule has 0 N–H and O–H groups in total. The molecule has 0 aromatic heterocycles. The molecule has 0 fully saturated rings. The molecule has 84 valence electrons. The van der Waals surface area contributed by atoms with Crippen LogP contribution in [0, 0.1) is 11.8 Å². The number of halogens is 1. The molecule has 0 heterocycles. The average Bonchev–Trinajstić information content (AvgIpc) is 2.33. The fourth-order valence-electron chi connectivity index (χ4n) is 1.08. The first-order valence-corrected chi connectivity index (χ1v) is 6.34. The lowest BCUT2D eigenvalue weighted by molar-refractivity contribution is 0.129. The van der Waals surface area contributed by atoms with Crippen molar-refractivity contribution in [3.63, 3.8) is 0 Å². The van der Waals surface area contributed by atoms with Gasteiger partial charge in [0.25, 0.3) is 0 Å². The normalized spacial score (nSPS) is 12.1. The second-order valence-corrected chi connectivity index (χ2v) is 3.88. The first-order valence-electron chi connectivity index (χ1n) is 5.22. The van der Waals surface area contributed by atoms with Crippen molar-refractivity contribution in [2.75, 3.05) is 11.9 Å². The molecule has 2 heteroatoms. The fourth-order valence-corrected chi connectivity index (χ4v) is 1.34. The zero-order chi connectivity index (χ0) is 11.6. The lowest BCUT2D eigenvalue weighted by atomic mass is 10.2. The molecule has 0 saturated carbocycles. The summed E-state index contributed by atoms with van der Waals surface area (Å²) >= 11 is 3.31. The average molecular weight is 279 g/mol. The maximum Gasteiger partial charge on any atom is 0.116 e. The molecule has 0 bridgehead atoms. The molecule has 1 atom stereocenters. The van der Waals surface area contributed by atoms with Crippen LogP contribution in [0.3, 0.4) is 0 Å². The lowest BCUT2D eigenvalue weighted by Crippen LogP contribution is -2.04. The Morgan fingerprint density at radius 1 is 1.31 bits per heavy atom. The smallest absolute Gasteiger partial charge is 0.116 e. The minimum absolute atomic E-state index is 0.0415. The van der Waals surface area contributed by atoms with Gasteiger partial charge in [0.05, 0.1) is 6.61 Å². The molecule has 1 rings (SSSR count). The van der Waals surface area contributed by atoms with Crippen molar-refractivity contribution >= 4 is 15.9 Å². The van der Waals surface area contributed by atoms with Gasteiger partial charge in [-0.3, -0.25) is 0 Å². The summed E-state index contributed by atoms with van der Waals surface area (Å²) in [5.74, 6) is 6.13. The number of benzene rings is 1. The highest BCUT2D eigenvalue weighted by atomic mass is 79.9. The number of rotatable bonds is 4. The molecule has 0 spiro atoms. The highest BCUT2D eigenvalue weighted by Gasteiger charge is 1.93. The summed E-state index contributed by atoms with van der Waals surface area (Å²) in [7, 11) is 0. The first-order chi connectivity index (χ1) is 7.83. The minimum Gasteiger partial charge on any atom is -0.362 e. The SMILES string of the molecule is CC(C#Cc1ccccc1)OC/C=C/CBr. The van der Waals surface area contributed by atoms with Crippen LogP contribution in [-0.2, 0) is 4.74 Å². The molecule has 0 aliphatic rings. The van der Waals surface area contributed by atoms with Crippen LogP contribution in [0.25, 0.3) is 0 Å². The monoisotopic (exact) mass is 278 g/mol. The Labute approximate surface area is 106 Å². The number of hydrogen-bond donors (Lipinski definition) is 0. The number of hydrogen-bond acceptors (Lipinski definition) is 1. The predicted octanol–water partition coefficient (Wildman–Crippen LogP) is 3.39. The van der Waals surface area contributed by atoms with E-state index in [1.165, 1.54) is 0 Å². The van der Waals surface area contributed by atoms with Crippen molar-refractivity contribution in [3.05, 3.63) is 48.0 Å². The van der Waals surface area contributed by atoms with Gasteiger partial charge in [0, 0.05) is 10.9 Å². The van der Waals surface area contributed by atoms with Crippen LogP contribution in [0.5, 0.6) is 0 Å². The van der Waals surface area contributed by atoms with Gasteiger partial charge in [-0.1, -0.05) is 58.1 Å². The standard InChI is InChI=1S/C14H15BrO/c1-13(16-12-6-5-11-15)9-10-14-7-3-2-4-8-14/h2-8,13H,11-12H2,1H3/b6-5+. The summed E-state index contributed by atoms with van der Waals surface area (Å²) in [6.45, 7) is 2.56. The van der Waals surface area contributed by atoms with Crippen molar-refractivity contribution in [3.8, 4) is 11.8 Å². The molecular weight excluding hydrogens is 264 g/mol. The summed E-state index contributed by atoms with van der Waals surface area (Å²) in [4.78, 5) is 0. The van der Waals surface area contributed by atoms with E-state index in [4.69, 9.17) is 4.74 Å². The largest absolute Gasteiger partial charge is 0.362 e. The van der Waals surface area contributed by atoms with Crippen molar-refractivity contribution in [1.29, 1.82) is 0 Å². The van der Waals surface area contributed by atoms with E-state index >= 15 is 0 Å². The zero-order valence-corrected chi connectivity index (χ0v) is 10.9. The lowest BCUT2D eigenvalue weighted by Gasteiger charge is -2.02. The van der Waals surface area contributed by atoms with Crippen LogP contribution in [0.1, 0.15) is 12.5 Å². The molecular formula is C14H15BrO. The van der Waals surface area contributed by atoms with Gasteiger partial charge in [0.1, 0.15) is 6.10 Å². The zero-order valence-electron chi connectivity index (χ0n) is 9.32. The number of allylic oxidation sites excluding steroid dienone is 1. The van der Waals surface area contributed by atoms with Crippen LogP contribution in [0.2, 0.25) is 0 Å². The summed E-state index contributed by atoms with van der Waals surface area (Å²) in [6, 6.07) is 9.92. The summed E-state index contributed by atoms with van der Waals surface area (Å²) in [5.41, 5.74) is 1.02. The second kappa shape index (κ2) is 8.15. The molecule has 0 radical (unpaired) electrons. The van der Waals surface area contributed by atoms with Gasteiger partial charge in [-0.05, 0) is 19.1 Å². The summed E-state index contributed by atoms with van der Waals surface area (Å²) in [5, 5.41) is 0.862. The van der Waals surface area contributed by atoms with Gasteiger partial charge in [-0.15, -0.1) is 0 Å². The van der Waals surface area contributed by atoms with Crippen LogP contribution in [0.4, 0.5) is 0 Å². The van der Waals surface area contributed by atoms with Gasteiger partial charge >= 0.3 is 0 Å². The third-order valence-electron chi connectivity index (χ3n) is 1.89. The summed E-state index contributed by atoms with van der Waals surface area (Å²) in [6.07, 6.45) is 3.95. The Balaban J connectivity index is 2.37. The molecule has 0 aliphatic carbocycles. The summed E-state index contributed by atoms with van der Waals surface area (Å²) < 4.78 is 5.48. The van der Waals surface area contributed by atoms with Crippen LogP contribution in [0.15, 0.2) is 42.5 Å². The number of alkyl halides is 1. The van der Waals surface area contributed by atoms with E-state index in [0.29, 0.717) is 6.61 Å². The van der Waals surface area contributed by atoms with Crippen molar-refractivity contribution in [2.45, 2.75) is 13.0 Å². The van der Waals surface area contributed by atoms with Gasteiger partial charge in [-0.2, -0.15) is 0 Å². The van der Waals surface area contributed by atoms with Crippen molar-refractivity contribution < 1.29 is 4.74 Å². The van der Waals surface area contributed by atoms with Gasteiger partial charge in [-0.25, -0.2) is 0 Å². The molecule has 0 aliphatic heterocycles. The molecule has 1 aromatic carbocycles.